The van der Waals surface area contributed by atoms with E-state index in [9.17, 15) is 9.59 Å². The van der Waals surface area contributed by atoms with Gasteiger partial charge in [0.25, 0.3) is 0 Å². The summed E-state index contributed by atoms with van der Waals surface area (Å²) in [5.41, 5.74) is 0.570. The molecule has 0 aliphatic heterocycles. The number of esters is 2. The number of terminal acetylenes is 1. The van der Waals surface area contributed by atoms with Gasteiger partial charge in [-0.15, -0.1) is 6.42 Å². The molecule has 2 unspecified atom stereocenters. The van der Waals surface area contributed by atoms with Crippen molar-refractivity contribution >= 4 is 11.9 Å². The molecule has 1 fully saturated rings. The molecule has 5 nitrogen and oxygen atoms in total. The fourth-order valence-corrected chi connectivity index (χ4v) is 3.10. The third kappa shape index (κ3) is 4.57. The highest BCUT2D eigenvalue weighted by molar-refractivity contribution is 5.83. The van der Waals surface area contributed by atoms with E-state index in [1.165, 1.54) is 6.08 Å². The molecule has 5 heteroatoms. The number of rotatable bonds is 7. The third-order valence-corrected chi connectivity index (χ3v) is 4.67. The minimum atomic E-state index is -0.398. The van der Waals surface area contributed by atoms with E-state index in [2.05, 4.69) is 5.92 Å². The first-order valence-electron chi connectivity index (χ1n) is 8.74. The van der Waals surface area contributed by atoms with Crippen LogP contribution in [0.25, 0.3) is 0 Å². The Bertz CT molecular complexity index is 745. The standard InChI is InChI=1S/C21H26O5/c1-7-8-16-11-15(14(4)26-16)12-24-20(23)19-17(21(19,5)6)9-10-18(22)25-13(2)3/h1,9-11,13,17,19H,8,12H2,2-6H3/b10-9+. The molecule has 2 rings (SSSR count). The first kappa shape index (κ1) is 19.8. The van der Waals surface area contributed by atoms with Crippen LogP contribution in [0.3, 0.4) is 0 Å². The van der Waals surface area contributed by atoms with E-state index in [1.54, 1.807) is 19.9 Å². The van der Waals surface area contributed by atoms with Crippen molar-refractivity contribution in [3.8, 4) is 12.3 Å². The summed E-state index contributed by atoms with van der Waals surface area (Å²) in [6, 6.07) is 1.82. The van der Waals surface area contributed by atoms with Crippen LogP contribution in [-0.2, 0) is 32.1 Å². The van der Waals surface area contributed by atoms with Gasteiger partial charge < -0.3 is 13.9 Å². The van der Waals surface area contributed by atoms with Crippen molar-refractivity contribution in [3.63, 3.8) is 0 Å². The SMILES string of the molecule is C#CCc1cc(COC(=O)C2C(/C=C/C(=O)OC(C)C)C2(C)C)c(C)o1. The molecule has 0 amide bonds. The molecule has 1 aromatic heterocycles. The van der Waals surface area contributed by atoms with Crippen LogP contribution in [0.2, 0.25) is 0 Å². The van der Waals surface area contributed by atoms with E-state index in [1.807, 2.05) is 26.8 Å². The monoisotopic (exact) mass is 358 g/mol. The molecular formula is C21H26O5. The second-order valence-corrected chi connectivity index (χ2v) is 7.45. The lowest BCUT2D eigenvalue weighted by Gasteiger charge is -2.04. The van der Waals surface area contributed by atoms with E-state index >= 15 is 0 Å². The van der Waals surface area contributed by atoms with Crippen molar-refractivity contribution in [3.05, 3.63) is 35.3 Å². The number of aryl methyl sites for hydroxylation is 1. The Morgan fingerprint density at radius 2 is 2.12 bits per heavy atom. The van der Waals surface area contributed by atoms with Crippen molar-refractivity contribution in [2.24, 2.45) is 17.3 Å². The Hall–Kier alpha value is -2.48. The quantitative estimate of drug-likeness (QED) is 0.423. The second-order valence-electron chi connectivity index (χ2n) is 7.45. The first-order valence-corrected chi connectivity index (χ1v) is 8.74. The van der Waals surface area contributed by atoms with Gasteiger partial charge in [-0.1, -0.05) is 25.8 Å². The van der Waals surface area contributed by atoms with Crippen LogP contribution in [-0.4, -0.2) is 18.0 Å². The number of allylic oxidation sites excluding steroid dienone is 1. The zero-order valence-electron chi connectivity index (χ0n) is 16.0. The number of ether oxygens (including phenoxy) is 2. The van der Waals surface area contributed by atoms with Gasteiger partial charge in [0, 0.05) is 11.6 Å². The molecule has 0 N–H and O–H groups in total. The number of carbonyl (C=O) groups excluding carboxylic acids is 2. The summed E-state index contributed by atoms with van der Waals surface area (Å²) in [5, 5.41) is 0. The van der Waals surface area contributed by atoms with E-state index in [0.29, 0.717) is 17.9 Å². The Labute approximate surface area is 154 Å². The zero-order chi connectivity index (χ0) is 19.5. The molecule has 1 aliphatic carbocycles. The molecule has 1 heterocycles. The van der Waals surface area contributed by atoms with E-state index in [4.69, 9.17) is 20.3 Å². The normalized spacial score (nSPS) is 20.8. The van der Waals surface area contributed by atoms with Gasteiger partial charge in [-0.2, -0.15) is 0 Å². The zero-order valence-corrected chi connectivity index (χ0v) is 16.0. The molecule has 1 saturated carbocycles. The smallest absolute Gasteiger partial charge is 0.330 e. The molecule has 1 aromatic rings. The van der Waals surface area contributed by atoms with Crippen LogP contribution in [0.15, 0.2) is 22.6 Å². The highest BCUT2D eigenvalue weighted by Gasteiger charge is 2.61. The first-order chi connectivity index (χ1) is 12.2. The molecule has 26 heavy (non-hydrogen) atoms. The predicted octanol–water partition coefficient (Wildman–Crippen LogP) is 3.59. The van der Waals surface area contributed by atoms with Gasteiger partial charge in [-0.3, -0.25) is 4.79 Å². The second kappa shape index (κ2) is 7.82. The van der Waals surface area contributed by atoms with Crippen LogP contribution in [0.5, 0.6) is 0 Å². The summed E-state index contributed by atoms with van der Waals surface area (Å²) >= 11 is 0. The van der Waals surface area contributed by atoms with Gasteiger partial charge in [0.1, 0.15) is 18.1 Å². The average molecular weight is 358 g/mol. The van der Waals surface area contributed by atoms with Gasteiger partial charge in [0.15, 0.2) is 0 Å². The van der Waals surface area contributed by atoms with Crippen molar-refractivity contribution in [1.82, 2.24) is 0 Å². The molecule has 140 valence electrons. The topological polar surface area (TPSA) is 65.7 Å². The minimum Gasteiger partial charge on any atom is -0.465 e. The molecule has 0 radical (unpaired) electrons. The molecular weight excluding hydrogens is 332 g/mol. The highest BCUT2D eigenvalue weighted by atomic mass is 16.5. The summed E-state index contributed by atoms with van der Waals surface area (Å²) in [6.07, 6.45) is 8.65. The Morgan fingerprint density at radius 1 is 1.42 bits per heavy atom. The summed E-state index contributed by atoms with van der Waals surface area (Å²) in [7, 11) is 0. The van der Waals surface area contributed by atoms with Gasteiger partial charge in [0.05, 0.1) is 18.4 Å². The molecule has 1 aliphatic rings. The van der Waals surface area contributed by atoms with Crippen molar-refractivity contribution in [2.75, 3.05) is 0 Å². The Balaban J connectivity index is 1.92. The summed E-state index contributed by atoms with van der Waals surface area (Å²) in [4.78, 5) is 24.1. The van der Waals surface area contributed by atoms with E-state index in [0.717, 1.165) is 5.56 Å². The number of hydrogen-bond acceptors (Lipinski definition) is 5. The molecule has 2 atom stereocenters. The fraction of sp³-hybridized carbons (Fsp3) is 0.524. The largest absolute Gasteiger partial charge is 0.465 e. The van der Waals surface area contributed by atoms with Crippen molar-refractivity contribution in [2.45, 2.75) is 53.8 Å². The van der Waals surface area contributed by atoms with Crippen molar-refractivity contribution < 1.29 is 23.5 Å². The van der Waals surface area contributed by atoms with Crippen LogP contribution in [0.4, 0.5) is 0 Å². The molecule has 0 saturated heterocycles. The lowest BCUT2D eigenvalue weighted by Crippen LogP contribution is -2.11. The molecule has 0 bridgehead atoms. The Morgan fingerprint density at radius 3 is 2.73 bits per heavy atom. The Kier molecular flexibility index (Phi) is 5.97. The van der Waals surface area contributed by atoms with E-state index < -0.39 is 5.97 Å². The number of hydrogen-bond donors (Lipinski definition) is 0. The fourth-order valence-electron chi connectivity index (χ4n) is 3.10. The number of furan rings is 1. The molecule has 0 spiro atoms. The van der Waals surface area contributed by atoms with Crippen LogP contribution in [0, 0.1) is 36.5 Å². The van der Waals surface area contributed by atoms with Crippen molar-refractivity contribution in [1.29, 1.82) is 0 Å². The summed E-state index contributed by atoms with van der Waals surface area (Å²) in [5.74, 6) is 2.91. The third-order valence-electron chi connectivity index (χ3n) is 4.67. The van der Waals surface area contributed by atoms with Gasteiger partial charge in [-0.05, 0) is 38.2 Å². The predicted molar refractivity (Wildman–Crippen MR) is 96.9 cm³/mol. The maximum atomic E-state index is 12.4. The summed E-state index contributed by atoms with van der Waals surface area (Å²) < 4.78 is 16.1. The minimum absolute atomic E-state index is 0.0443. The van der Waals surface area contributed by atoms with Gasteiger partial charge in [-0.25, -0.2) is 4.79 Å². The molecule has 0 aromatic carbocycles. The van der Waals surface area contributed by atoms with Crippen LogP contribution >= 0.6 is 0 Å². The maximum absolute atomic E-state index is 12.4. The number of carbonyl (C=O) groups is 2. The van der Waals surface area contributed by atoms with Crippen LogP contribution < -0.4 is 0 Å². The van der Waals surface area contributed by atoms with Crippen LogP contribution in [0.1, 0.15) is 44.8 Å². The average Bonchev–Trinajstić information content (AvgIpc) is 2.89. The maximum Gasteiger partial charge on any atom is 0.330 e. The lowest BCUT2D eigenvalue weighted by molar-refractivity contribution is -0.147. The van der Waals surface area contributed by atoms with Gasteiger partial charge >= 0.3 is 11.9 Å². The van der Waals surface area contributed by atoms with Gasteiger partial charge in [0.2, 0.25) is 0 Å². The highest BCUT2D eigenvalue weighted by Crippen LogP contribution is 2.59. The summed E-state index contributed by atoms with van der Waals surface area (Å²) in [6.45, 7) is 9.51. The lowest BCUT2D eigenvalue weighted by atomic mass is 10.1. The van der Waals surface area contributed by atoms with E-state index in [-0.39, 0.29) is 35.9 Å².